The monoisotopic (exact) mass is 319 g/mol. The molecule has 0 aliphatic carbocycles. The fourth-order valence-corrected chi connectivity index (χ4v) is 3.02. The Balaban J connectivity index is 1.78. The van der Waals surface area contributed by atoms with Crippen LogP contribution in [0.4, 0.5) is 0 Å². The topological polar surface area (TPSA) is 59.2 Å². The zero-order valence-corrected chi connectivity index (χ0v) is 13.2. The van der Waals surface area contributed by atoms with Crippen molar-refractivity contribution in [3.8, 4) is 0 Å². The van der Waals surface area contributed by atoms with E-state index in [0.717, 1.165) is 24.9 Å². The van der Waals surface area contributed by atoms with Crippen LogP contribution < -0.4 is 0 Å². The van der Waals surface area contributed by atoms with Crippen LogP contribution in [0.2, 0.25) is 5.02 Å². The van der Waals surface area contributed by atoms with E-state index in [1.165, 1.54) is 0 Å². The maximum atomic E-state index is 11.9. The second kappa shape index (κ2) is 6.48. The third kappa shape index (κ3) is 2.99. The maximum absolute atomic E-state index is 11.9. The molecule has 1 fully saturated rings. The Labute approximate surface area is 134 Å². The molecule has 0 bridgehead atoms. The largest absolute Gasteiger partial charge is 0.337 e. The Kier molecular flexibility index (Phi) is 4.43. The summed E-state index contributed by atoms with van der Waals surface area (Å²) < 4.78 is 5.39. The van der Waals surface area contributed by atoms with E-state index in [-0.39, 0.29) is 11.9 Å². The molecule has 2 aromatic rings. The Morgan fingerprint density at radius 2 is 2.23 bits per heavy atom. The Morgan fingerprint density at radius 3 is 2.91 bits per heavy atom. The van der Waals surface area contributed by atoms with Gasteiger partial charge in [-0.05, 0) is 24.5 Å². The fraction of sp³-hybridized carbons (Fsp3) is 0.438. The van der Waals surface area contributed by atoms with Crippen LogP contribution in [0.25, 0.3) is 0 Å². The summed E-state index contributed by atoms with van der Waals surface area (Å²) >= 11 is 6.15. The normalized spacial score (nSPS) is 16.3. The van der Waals surface area contributed by atoms with Gasteiger partial charge in [0.05, 0.1) is 0 Å². The molecule has 6 heteroatoms. The van der Waals surface area contributed by atoms with Crippen molar-refractivity contribution in [3.05, 3.63) is 46.6 Å². The van der Waals surface area contributed by atoms with Gasteiger partial charge in [-0.3, -0.25) is 4.79 Å². The van der Waals surface area contributed by atoms with Crippen molar-refractivity contribution in [2.75, 3.05) is 6.54 Å². The number of carbonyl (C=O) groups is 1. The van der Waals surface area contributed by atoms with Gasteiger partial charge >= 0.3 is 0 Å². The quantitative estimate of drug-likeness (QED) is 0.847. The number of carbonyl (C=O) groups excluding carboxylic acids is 1. The van der Waals surface area contributed by atoms with Crippen LogP contribution in [-0.2, 0) is 11.2 Å². The molecule has 1 saturated heterocycles. The SMILES string of the molecule is CCC(c1nc(Cc2ccccc2Cl)no1)N1CCCC1=O. The van der Waals surface area contributed by atoms with Crippen molar-refractivity contribution in [1.29, 1.82) is 0 Å². The minimum atomic E-state index is -0.123. The molecule has 5 nitrogen and oxygen atoms in total. The second-order valence-electron chi connectivity index (χ2n) is 5.43. The van der Waals surface area contributed by atoms with Crippen molar-refractivity contribution < 1.29 is 9.32 Å². The zero-order valence-electron chi connectivity index (χ0n) is 12.5. The minimum absolute atomic E-state index is 0.123. The molecule has 1 aliphatic rings. The predicted octanol–water partition coefficient (Wildman–Crippen LogP) is 3.39. The van der Waals surface area contributed by atoms with Crippen molar-refractivity contribution in [2.45, 2.75) is 38.6 Å². The standard InChI is InChI=1S/C16H18ClN3O2/c1-2-13(20-9-5-8-15(20)21)16-18-14(19-22-16)10-11-6-3-4-7-12(11)17/h3-4,6-7,13H,2,5,8-10H2,1H3. The molecule has 3 rings (SSSR count). The van der Waals surface area contributed by atoms with Crippen molar-refractivity contribution in [2.24, 2.45) is 0 Å². The second-order valence-corrected chi connectivity index (χ2v) is 5.84. The zero-order chi connectivity index (χ0) is 15.5. The molecule has 1 aromatic heterocycles. The van der Waals surface area contributed by atoms with Gasteiger partial charge in [-0.15, -0.1) is 0 Å². The summed E-state index contributed by atoms with van der Waals surface area (Å²) in [5.74, 6) is 1.27. The molecule has 22 heavy (non-hydrogen) atoms. The minimum Gasteiger partial charge on any atom is -0.337 e. The van der Waals surface area contributed by atoms with Crippen LogP contribution >= 0.6 is 11.6 Å². The lowest BCUT2D eigenvalue weighted by Crippen LogP contribution is -2.29. The lowest BCUT2D eigenvalue weighted by molar-refractivity contribution is -0.130. The molecular weight excluding hydrogens is 302 g/mol. The summed E-state index contributed by atoms with van der Waals surface area (Å²) in [6, 6.07) is 7.48. The average molecular weight is 320 g/mol. The van der Waals surface area contributed by atoms with E-state index in [1.807, 2.05) is 36.1 Å². The summed E-state index contributed by atoms with van der Waals surface area (Å²) in [6.07, 6.45) is 2.79. The van der Waals surface area contributed by atoms with Crippen LogP contribution in [-0.4, -0.2) is 27.5 Å². The summed E-state index contributed by atoms with van der Waals surface area (Å²) in [5.41, 5.74) is 0.960. The van der Waals surface area contributed by atoms with Gasteiger partial charge in [-0.25, -0.2) is 0 Å². The number of amides is 1. The summed E-state index contributed by atoms with van der Waals surface area (Å²) in [4.78, 5) is 18.2. The van der Waals surface area contributed by atoms with E-state index >= 15 is 0 Å². The van der Waals surface area contributed by atoms with Gasteiger partial charge in [0.25, 0.3) is 0 Å². The lowest BCUT2D eigenvalue weighted by atomic mass is 10.1. The fourth-order valence-electron chi connectivity index (χ4n) is 2.81. The molecule has 0 radical (unpaired) electrons. The summed E-state index contributed by atoms with van der Waals surface area (Å²) in [6.45, 7) is 2.79. The number of nitrogens with zero attached hydrogens (tertiary/aromatic N) is 3. The van der Waals surface area contributed by atoms with Crippen LogP contribution in [0.15, 0.2) is 28.8 Å². The van der Waals surface area contributed by atoms with Gasteiger partial charge in [0, 0.05) is 24.4 Å². The Bertz CT molecular complexity index is 671. The highest BCUT2D eigenvalue weighted by Gasteiger charge is 2.31. The first kappa shape index (κ1) is 15.0. The van der Waals surface area contributed by atoms with Crippen LogP contribution in [0.3, 0.4) is 0 Å². The van der Waals surface area contributed by atoms with E-state index in [1.54, 1.807) is 0 Å². The van der Waals surface area contributed by atoms with Gasteiger partial charge in [-0.1, -0.05) is 41.9 Å². The number of halogens is 1. The molecule has 1 unspecified atom stereocenters. The van der Waals surface area contributed by atoms with E-state index < -0.39 is 0 Å². The van der Waals surface area contributed by atoms with Crippen molar-refractivity contribution in [1.82, 2.24) is 15.0 Å². The number of likely N-dealkylation sites (tertiary alicyclic amines) is 1. The molecular formula is C16H18ClN3O2. The van der Waals surface area contributed by atoms with E-state index in [0.29, 0.717) is 29.6 Å². The number of aromatic nitrogens is 2. The first-order chi connectivity index (χ1) is 10.7. The number of benzene rings is 1. The molecule has 1 atom stereocenters. The van der Waals surface area contributed by atoms with Gasteiger partial charge in [0.2, 0.25) is 11.8 Å². The third-order valence-corrected chi connectivity index (χ3v) is 4.32. The van der Waals surface area contributed by atoms with Crippen LogP contribution in [0, 0.1) is 0 Å². The molecule has 1 aromatic carbocycles. The van der Waals surface area contributed by atoms with Gasteiger partial charge in [-0.2, -0.15) is 4.98 Å². The van der Waals surface area contributed by atoms with Crippen LogP contribution in [0.1, 0.15) is 49.5 Å². The molecule has 116 valence electrons. The third-order valence-electron chi connectivity index (χ3n) is 3.95. The highest BCUT2D eigenvalue weighted by atomic mass is 35.5. The van der Waals surface area contributed by atoms with Crippen LogP contribution in [0.5, 0.6) is 0 Å². The number of hydrogen-bond acceptors (Lipinski definition) is 4. The average Bonchev–Trinajstić information content (AvgIpc) is 3.13. The molecule has 1 aliphatic heterocycles. The highest BCUT2D eigenvalue weighted by molar-refractivity contribution is 6.31. The van der Waals surface area contributed by atoms with E-state index in [4.69, 9.17) is 16.1 Å². The summed E-state index contributed by atoms with van der Waals surface area (Å²) in [7, 11) is 0. The molecule has 2 heterocycles. The van der Waals surface area contributed by atoms with E-state index in [2.05, 4.69) is 10.1 Å². The van der Waals surface area contributed by atoms with Gasteiger partial charge < -0.3 is 9.42 Å². The maximum Gasteiger partial charge on any atom is 0.249 e. The molecule has 0 spiro atoms. The van der Waals surface area contributed by atoms with E-state index in [9.17, 15) is 4.79 Å². The first-order valence-corrected chi connectivity index (χ1v) is 7.92. The number of hydrogen-bond donors (Lipinski definition) is 0. The predicted molar refractivity (Wildman–Crippen MR) is 82.5 cm³/mol. The smallest absolute Gasteiger partial charge is 0.249 e. The Hall–Kier alpha value is -1.88. The van der Waals surface area contributed by atoms with Gasteiger partial charge in [0.15, 0.2) is 5.82 Å². The first-order valence-electron chi connectivity index (χ1n) is 7.54. The molecule has 0 N–H and O–H groups in total. The highest BCUT2D eigenvalue weighted by Crippen LogP contribution is 2.28. The summed E-state index contributed by atoms with van der Waals surface area (Å²) in [5, 5.41) is 4.73. The molecule has 1 amide bonds. The number of rotatable bonds is 5. The van der Waals surface area contributed by atoms with Crippen molar-refractivity contribution >= 4 is 17.5 Å². The Morgan fingerprint density at radius 1 is 1.41 bits per heavy atom. The molecule has 0 saturated carbocycles. The lowest BCUT2D eigenvalue weighted by Gasteiger charge is -2.23. The van der Waals surface area contributed by atoms with Gasteiger partial charge in [0.1, 0.15) is 6.04 Å². The van der Waals surface area contributed by atoms with Crippen molar-refractivity contribution in [3.63, 3.8) is 0 Å².